The molecule has 1 aromatic heterocycles. The number of thiophene rings is 1. The van der Waals surface area contributed by atoms with Gasteiger partial charge in [-0.1, -0.05) is 6.07 Å². The maximum atomic E-state index is 11.5. The number of rotatable bonds is 3. The van der Waals surface area contributed by atoms with Gasteiger partial charge in [0, 0.05) is 11.4 Å². The first-order chi connectivity index (χ1) is 7.19. The lowest BCUT2D eigenvalue weighted by Gasteiger charge is -2.18. The Morgan fingerprint density at radius 2 is 2.27 bits per heavy atom. The molecule has 0 aliphatic rings. The summed E-state index contributed by atoms with van der Waals surface area (Å²) in [5.41, 5.74) is 0. The van der Waals surface area contributed by atoms with Crippen LogP contribution >= 0.6 is 11.3 Å². The molecule has 0 fully saturated rings. The molecule has 0 aromatic carbocycles. The van der Waals surface area contributed by atoms with E-state index in [1.807, 2.05) is 24.4 Å². The van der Waals surface area contributed by atoms with Gasteiger partial charge in [-0.3, -0.25) is 4.79 Å². The molecule has 0 bridgehead atoms. The number of carbonyl (C=O) groups is 2. The third kappa shape index (κ3) is 3.06. The zero-order valence-corrected chi connectivity index (χ0v) is 9.54. The second kappa shape index (κ2) is 5.50. The highest BCUT2D eigenvalue weighted by Gasteiger charge is 2.21. The number of likely N-dealkylation sites (N-methyl/N-ethyl adjacent to an activating group) is 1. The SMILES string of the molecule is CCN(Cc1cccs1)C(=O)C(=O)OC. The summed E-state index contributed by atoms with van der Waals surface area (Å²) in [5, 5.41) is 1.94. The van der Waals surface area contributed by atoms with Crippen molar-refractivity contribution in [3.8, 4) is 0 Å². The van der Waals surface area contributed by atoms with Crippen LogP contribution in [-0.4, -0.2) is 30.4 Å². The number of esters is 1. The molecular weight excluding hydrogens is 214 g/mol. The molecule has 15 heavy (non-hydrogen) atoms. The van der Waals surface area contributed by atoms with Crippen molar-refractivity contribution >= 4 is 23.2 Å². The first kappa shape index (κ1) is 11.7. The second-order valence-electron chi connectivity index (χ2n) is 2.89. The highest BCUT2D eigenvalue weighted by molar-refractivity contribution is 7.09. The summed E-state index contributed by atoms with van der Waals surface area (Å²) >= 11 is 1.56. The van der Waals surface area contributed by atoms with Crippen LogP contribution in [0.25, 0.3) is 0 Å². The number of hydrogen-bond donors (Lipinski definition) is 0. The summed E-state index contributed by atoms with van der Waals surface area (Å²) in [4.78, 5) is 25.0. The van der Waals surface area contributed by atoms with E-state index in [0.717, 1.165) is 4.88 Å². The summed E-state index contributed by atoms with van der Waals surface area (Å²) in [7, 11) is 1.21. The van der Waals surface area contributed by atoms with E-state index in [0.29, 0.717) is 13.1 Å². The summed E-state index contributed by atoms with van der Waals surface area (Å²) in [6.45, 7) is 2.78. The standard InChI is InChI=1S/C10H13NO3S/c1-3-11(9(12)10(13)14-2)7-8-5-4-6-15-8/h4-6H,3,7H2,1-2H3. The van der Waals surface area contributed by atoms with Gasteiger partial charge in [0.15, 0.2) is 0 Å². The molecule has 0 N–H and O–H groups in total. The quantitative estimate of drug-likeness (QED) is 0.577. The molecule has 82 valence electrons. The Morgan fingerprint density at radius 1 is 1.53 bits per heavy atom. The van der Waals surface area contributed by atoms with Gasteiger partial charge in [0.25, 0.3) is 0 Å². The van der Waals surface area contributed by atoms with Crippen LogP contribution in [-0.2, 0) is 20.9 Å². The lowest BCUT2D eigenvalue weighted by molar-refractivity contribution is -0.158. The predicted octanol–water partition coefficient (Wildman–Crippen LogP) is 1.27. The lowest BCUT2D eigenvalue weighted by Crippen LogP contribution is -2.36. The maximum Gasteiger partial charge on any atom is 0.396 e. The van der Waals surface area contributed by atoms with E-state index in [1.165, 1.54) is 12.0 Å². The minimum absolute atomic E-state index is 0.460. The molecule has 1 amide bonds. The largest absolute Gasteiger partial charge is 0.462 e. The highest BCUT2D eigenvalue weighted by atomic mass is 32.1. The molecule has 0 aliphatic carbocycles. The highest BCUT2D eigenvalue weighted by Crippen LogP contribution is 2.11. The molecule has 0 aliphatic heterocycles. The maximum absolute atomic E-state index is 11.5. The Morgan fingerprint density at radius 3 is 2.73 bits per heavy atom. The van der Waals surface area contributed by atoms with Gasteiger partial charge < -0.3 is 9.64 Å². The van der Waals surface area contributed by atoms with Crippen LogP contribution < -0.4 is 0 Å². The van der Waals surface area contributed by atoms with Gasteiger partial charge in [0.1, 0.15) is 0 Å². The smallest absolute Gasteiger partial charge is 0.396 e. The molecule has 4 nitrogen and oxygen atoms in total. The summed E-state index contributed by atoms with van der Waals surface area (Å²) in [6.07, 6.45) is 0. The molecule has 1 rings (SSSR count). The fourth-order valence-corrected chi connectivity index (χ4v) is 1.85. The van der Waals surface area contributed by atoms with Crippen LogP contribution in [0.4, 0.5) is 0 Å². The number of amides is 1. The molecule has 0 radical (unpaired) electrons. The third-order valence-electron chi connectivity index (χ3n) is 1.96. The fraction of sp³-hybridized carbons (Fsp3) is 0.400. The van der Waals surface area contributed by atoms with Crippen molar-refractivity contribution in [2.75, 3.05) is 13.7 Å². The van der Waals surface area contributed by atoms with Crippen LogP contribution in [0.1, 0.15) is 11.8 Å². The van der Waals surface area contributed by atoms with E-state index < -0.39 is 11.9 Å². The first-order valence-electron chi connectivity index (χ1n) is 4.58. The molecule has 0 unspecified atom stereocenters. The second-order valence-corrected chi connectivity index (χ2v) is 3.92. The number of methoxy groups -OCH3 is 1. The van der Waals surface area contributed by atoms with Gasteiger partial charge in [-0.15, -0.1) is 11.3 Å². The van der Waals surface area contributed by atoms with Crippen molar-refractivity contribution in [3.63, 3.8) is 0 Å². The Kier molecular flexibility index (Phi) is 4.30. The summed E-state index contributed by atoms with van der Waals surface area (Å²) in [6, 6.07) is 3.84. The van der Waals surface area contributed by atoms with Crippen molar-refractivity contribution in [2.24, 2.45) is 0 Å². The molecule has 1 heterocycles. The number of carbonyl (C=O) groups excluding carboxylic acids is 2. The third-order valence-corrected chi connectivity index (χ3v) is 2.82. The van der Waals surface area contributed by atoms with E-state index in [1.54, 1.807) is 11.3 Å². The van der Waals surface area contributed by atoms with Crippen LogP contribution in [0, 0.1) is 0 Å². The van der Waals surface area contributed by atoms with E-state index in [2.05, 4.69) is 4.74 Å². The minimum atomic E-state index is -0.812. The monoisotopic (exact) mass is 227 g/mol. The molecule has 0 saturated carbocycles. The molecule has 0 atom stereocenters. The zero-order chi connectivity index (χ0) is 11.3. The Hall–Kier alpha value is -1.36. The lowest BCUT2D eigenvalue weighted by atomic mass is 10.4. The van der Waals surface area contributed by atoms with Gasteiger partial charge in [0.05, 0.1) is 13.7 Å². The first-order valence-corrected chi connectivity index (χ1v) is 5.46. The summed E-state index contributed by atoms with van der Waals surface area (Å²) < 4.78 is 4.39. The van der Waals surface area contributed by atoms with Gasteiger partial charge in [0.2, 0.25) is 0 Å². The molecule has 1 aromatic rings. The van der Waals surface area contributed by atoms with Crippen LogP contribution in [0.15, 0.2) is 17.5 Å². The number of nitrogens with zero attached hydrogens (tertiary/aromatic N) is 1. The van der Waals surface area contributed by atoms with Crippen molar-refractivity contribution in [1.29, 1.82) is 0 Å². The van der Waals surface area contributed by atoms with Gasteiger partial charge in [-0.25, -0.2) is 4.79 Å². The van der Waals surface area contributed by atoms with E-state index in [9.17, 15) is 9.59 Å². The Bertz CT molecular complexity index is 334. The molecule has 5 heteroatoms. The van der Waals surface area contributed by atoms with Gasteiger partial charge in [-0.05, 0) is 18.4 Å². The molecule has 0 spiro atoms. The van der Waals surface area contributed by atoms with E-state index in [4.69, 9.17) is 0 Å². The minimum Gasteiger partial charge on any atom is -0.462 e. The average Bonchev–Trinajstić information content (AvgIpc) is 2.76. The van der Waals surface area contributed by atoms with Crippen molar-refractivity contribution < 1.29 is 14.3 Å². The van der Waals surface area contributed by atoms with Gasteiger partial charge in [-0.2, -0.15) is 0 Å². The fourth-order valence-electron chi connectivity index (χ4n) is 1.13. The van der Waals surface area contributed by atoms with Crippen LogP contribution in [0.5, 0.6) is 0 Å². The Balaban J connectivity index is 2.64. The van der Waals surface area contributed by atoms with Crippen LogP contribution in [0.3, 0.4) is 0 Å². The average molecular weight is 227 g/mol. The molecule has 0 saturated heterocycles. The summed E-state index contributed by atoms with van der Waals surface area (Å²) in [5.74, 6) is -1.40. The van der Waals surface area contributed by atoms with Crippen molar-refractivity contribution in [3.05, 3.63) is 22.4 Å². The zero-order valence-electron chi connectivity index (χ0n) is 8.73. The van der Waals surface area contributed by atoms with E-state index >= 15 is 0 Å². The topological polar surface area (TPSA) is 46.6 Å². The van der Waals surface area contributed by atoms with Crippen LogP contribution in [0.2, 0.25) is 0 Å². The van der Waals surface area contributed by atoms with Crippen molar-refractivity contribution in [1.82, 2.24) is 4.90 Å². The Labute approximate surface area is 92.5 Å². The normalized spacial score (nSPS) is 9.73. The molecular formula is C10H13NO3S. The number of ether oxygens (including phenoxy) is 1. The predicted molar refractivity (Wildman–Crippen MR) is 57.4 cm³/mol. The number of hydrogen-bond acceptors (Lipinski definition) is 4. The van der Waals surface area contributed by atoms with Crippen molar-refractivity contribution in [2.45, 2.75) is 13.5 Å². The van der Waals surface area contributed by atoms with E-state index in [-0.39, 0.29) is 0 Å². The van der Waals surface area contributed by atoms with Gasteiger partial charge >= 0.3 is 11.9 Å².